The summed E-state index contributed by atoms with van der Waals surface area (Å²) < 4.78 is 46.6. The van der Waals surface area contributed by atoms with Crippen LogP contribution in [0.3, 0.4) is 0 Å². The molecule has 0 spiro atoms. The normalized spacial score (nSPS) is 11.8. The molecule has 0 unspecified atom stereocenters. The van der Waals surface area contributed by atoms with Crippen molar-refractivity contribution < 1.29 is 22.6 Å². The van der Waals surface area contributed by atoms with Crippen LogP contribution in [0.25, 0.3) is 0 Å². The first-order valence-corrected chi connectivity index (χ1v) is 6.89. The highest BCUT2D eigenvalue weighted by Crippen LogP contribution is 2.29. The van der Waals surface area contributed by atoms with Gasteiger partial charge in [-0.2, -0.15) is 13.2 Å². The number of alkyl halides is 3. The topological polar surface area (TPSA) is 30.5 Å². The molecule has 1 aromatic rings. The molecule has 0 saturated heterocycles. The Balaban J connectivity index is 2.57. The van der Waals surface area contributed by atoms with Gasteiger partial charge >= 0.3 is 6.18 Å². The van der Waals surface area contributed by atoms with Gasteiger partial charge in [-0.05, 0) is 30.2 Å². The summed E-state index contributed by atoms with van der Waals surface area (Å²) in [7, 11) is 1.47. The lowest BCUT2D eigenvalue weighted by Crippen LogP contribution is -2.19. The fraction of sp³-hybridized carbons (Fsp3) is 0.600. The first-order valence-electron chi connectivity index (χ1n) is 6.89. The summed E-state index contributed by atoms with van der Waals surface area (Å²) in [5.41, 5.74) is 0.996. The lowest BCUT2D eigenvalue weighted by molar-refractivity contribution is -0.139. The largest absolute Gasteiger partial charge is 0.493 e. The number of hydrogen-bond donors (Lipinski definition) is 1. The van der Waals surface area contributed by atoms with E-state index >= 15 is 0 Å². The van der Waals surface area contributed by atoms with E-state index < -0.39 is 19.2 Å². The Bertz CT molecular complexity index is 433. The van der Waals surface area contributed by atoms with Crippen LogP contribution in [0.1, 0.15) is 25.8 Å². The molecule has 21 heavy (non-hydrogen) atoms. The summed E-state index contributed by atoms with van der Waals surface area (Å²) in [4.78, 5) is 0. The molecule has 0 aromatic heterocycles. The molecule has 120 valence electrons. The summed E-state index contributed by atoms with van der Waals surface area (Å²) in [6.45, 7) is 5.39. The highest BCUT2D eigenvalue weighted by atomic mass is 19.4. The number of hydrogen-bond acceptors (Lipinski definition) is 3. The van der Waals surface area contributed by atoms with Crippen molar-refractivity contribution in [2.24, 2.45) is 5.92 Å². The predicted octanol–water partition coefficient (Wildman–Crippen LogP) is 3.77. The van der Waals surface area contributed by atoms with Crippen molar-refractivity contribution in [3.05, 3.63) is 23.8 Å². The van der Waals surface area contributed by atoms with Gasteiger partial charge in [0.15, 0.2) is 11.5 Å². The van der Waals surface area contributed by atoms with Crippen LogP contribution in [0, 0.1) is 5.92 Å². The van der Waals surface area contributed by atoms with E-state index in [2.05, 4.69) is 19.2 Å². The first-order chi connectivity index (χ1) is 9.81. The quantitative estimate of drug-likeness (QED) is 0.793. The van der Waals surface area contributed by atoms with E-state index in [-0.39, 0.29) is 0 Å². The molecule has 0 bridgehead atoms. The van der Waals surface area contributed by atoms with Crippen molar-refractivity contribution in [3.63, 3.8) is 0 Å². The molecule has 0 aliphatic heterocycles. The Kier molecular flexibility index (Phi) is 6.81. The smallest absolute Gasteiger partial charge is 0.392 e. The van der Waals surface area contributed by atoms with Crippen LogP contribution < -0.4 is 14.8 Å². The summed E-state index contributed by atoms with van der Waals surface area (Å²) in [6.07, 6.45) is -5.19. The van der Waals surface area contributed by atoms with Gasteiger partial charge in [0.1, 0.15) is 0 Å². The van der Waals surface area contributed by atoms with E-state index in [1.165, 1.54) is 7.11 Å². The van der Waals surface area contributed by atoms with Gasteiger partial charge in [-0.1, -0.05) is 19.9 Å². The van der Waals surface area contributed by atoms with E-state index in [4.69, 9.17) is 9.47 Å². The Morgan fingerprint density at radius 2 is 1.90 bits per heavy atom. The molecular weight excluding hydrogens is 283 g/mol. The molecule has 1 rings (SSSR count). The molecule has 0 atom stereocenters. The number of ether oxygens (including phenoxy) is 2. The summed E-state index contributed by atoms with van der Waals surface area (Å²) in [6, 6.07) is 5.23. The first kappa shape index (κ1) is 17.6. The zero-order valence-electron chi connectivity index (χ0n) is 12.6. The van der Waals surface area contributed by atoms with E-state index in [0.717, 1.165) is 12.1 Å². The Hall–Kier alpha value is -1.43. The highest BCUT2D eigenvalue weighted by molar-refractivity contribution is 5.42. The molecule has 1 N–H and O–H groups in total. The molecule has 3 nitrogen and oxygen atoms in total. The van der Waals surface area contributed by atoms with Gasteiger partial charge in [0, 0.05) is 6.54 Å². The lowest BCUT2D eigenvalue weighted by Gasteiger charge is -2.14. The SMILES string of the molecule is COc1cc(CNCC(C)C)ccc1OCCC(F)(F)F. The zero-order valence-corrected chi connectivity index (χ0v) is 12.6. The highest BCUT2D eigenvalue weighted by Gasteiger charge is 2.27. The standard InChI is InChI=1S/C15H22F3NO2/c1-11(2)9-19-10-12-4-5-13(14(8-12)20-3)21-7-6-15(16,17)18/h4-5,8,11,19H,6-7,9-10H2,1-3H3. The maximum Gasteiger partial charge on any atom is 0.392 e. The lowest BCUT2D eigenvalue weighted by atomic mass is 10.2. The molecule has 0 heterocycles. The minimum absolute atomic E-state index is 0.328. The maximum atomic E-state index is 12.1. The maximum absolute atomic E-state index is 12.1. The number of halogens is 3. The van der Waals surface area contributed by atoms with Crippen molar-refractivity contribution in [1.29, 1.82) is 0 Å². The van der Waals surface area contributed by atoms with Crippen LogP contribution in [0.5, 0.6) is 11.5 Å². The van der Waals surface area contributed by atoms with Crippen molar-refractivity contribution in [1.82, 2.24) is 5.32 Å². The van der Waals surface area contributed by atoms with E-state index in [9.17, 15) is 13.2 Å². The molecule has 0 saturated carbocycles. The van der Waals surface area contributed by atoms with E-state index in [1.54, 1.807) is 12.1 Å². The van der Waals surface area contributed by atoms with Gasteiger partial charge in [0.2, 0.25) is 0 Å². The third-order valence-electron chi connectivity index (χ3n) is 2.75. The number of benzene rings is 1. The van der Waals surface area contributed by atoms with Crippen LogP contribution in [0.15, 0.2) is 18.2 Å². The molecule has 0 aliphatic carbocycles. The van der Waals surface area contributed by atoms with Crippen LogP contribution >= 0.6 is 0 Å². The predicted molar refractivity (Wildman–Crippen MR) is 75.7 cm³/mol. The monoisotopic (exact) mass is 305 g/mol. The van der Waals surface area contributed by atoms with Crippen LogP contribution in [-0.2, 0) is 6.54 Å². The Labute approximate surface area is 123 Å². The Morgan fingerprint density at radius 3 is 2.48 bits per heavy atom. The van der Waals surface area contributed by atoms with Gasteiger partial charge in [-0.15, -0.1) is 0 Å². The third-order valence-corrected chi connectivity index (χ3v) is 2.75. The van der Waals surface area contributed by atoms with Crippen LogP contribution in [0.4, 0.5) is 13.2 Å². The van der Waals surface area contributed by atoms with Crippen LogP contribution in [0.2, 0.25) is 0 Å². The second kappa shape index (κ2) is 8.12. The molecule has 6 heteroatoms. The van der Waals surface area contributed by atoms with Gasteiger partial charge < -0.3 is 14.8 Å². The van der Waals surface area contributed by atoms with Gasteiger partial charge in [0.25, 0.3) is 0 Å². The van der Waals surface area contributed by atoms with Gasteiger partial charge in [-0.25, -0.2) is 0 Å². The molecule has 0 radical (unpaired) electrons. The van der Waals surface area contributed by atoms with Crippen molar-refractivity contribution in [2.45, 2.75) is 33.0 Å². The van der Waals surface area contributed by atoms with Crippen LogP contribution in [-0.4, -0.2) is 26.4 Å². The van der Waals surface area contributed by atoms with Gasteiger partial charge in [-0.3, -0.25) is 0 Å². The fourth-order valence-electron chi connectivity index (χ4n) is 1.72. The number of methoxy groups -OCH3 is 1. The van der Waals surface area contributed by atoms with Gasteiger partial charge in [0.05, 0.1) is 20.1 Å². The van der Waals surface area contributed by atoms with Crippen molar-refractivity contribution >= 4 is 0 Å². The molecule has 1 aromatic carbocycles. The average molecular weight is 305 g/mol. The zero-order chi connectivity index (χ0) is 15.9. The second-order valence-corrected chi connectivity index (χ2v) is 5.22. The second-order valence-electron chi connectivity index (χ2n) is 5.22. The summed E-state index contributed by atoms with van der Waals surface area (Å²) >= 11 is 0. The van der Waals surface area contributed by atoms with E-state index in [0.29, 0.717) is 24.0 Å². The minimum atomic E-state index is -4.21. The molecule has 0 aliphatic rings. The fourth-order valence-corrected chi connectivity index (χ4v) is 1.72. The third kappa shape index (κ3) is 7.22. The summed E-state index contributed by atoms with van der Waals surface area (Å²) in [5.74, 6) is 1.33. The molecule has 0 amide bonds. The summed E-state index contributed by atoms with van der Waals surface area (Å²) in [5, 5.41) is 3.29. The number of rotatable bonds is 8. The molecular formula is C15H22F3NO2. The van der Waals surface area contributed by atoms with E-state index in [1.807, 2.05) is 6.07 Å². The molecule has 0 fully saturated rings. The van der Waals surface area contributed by atoms with Crippen molar-refractivity contribution in [3.8, 4) is 11.5 Å². The minimum Gasteiger partial charge on any atom is -0.493 e. The Morgan fingerprint density at radius 1 is 1.19 bits per heavy atom. The average Bonchev–Trinajstić information content (AvgIpc) is 2.38. The van der Waals surface area contributed by atoms with Crippen molar-refractivity contribution in [2.75, 3.05) is 20.3 Å². The number of nitrogens with one attached hydrogen (secondary N) is 1.